The second-order valence-corrected chi connectivity index (χ2v) is 6.78. The summed E-state index contributed by atoms with van der Waals surface area (Å²) < 4.78 is 1.95. The summed E-state index contributed by atoms with van der Waals surface area (Å²) in [5, 5.41) is 10.1. The van der Waals surface area contributed by atoms with E-state index in [4.69, 9.17) is 0 Å². The lowest BCUT2D eigenvalue weighted by Gasteiger charge is -2.21. The van der Waals surface area contributed by atoms with Gasteiger partial charge in [-0.2, -0.15) is 5.10 Å². The zero-order valence-corrected chi connectivity index (χ0v) is 15.6. The summed E-state index contributed by atoms with van der Waals surface area (Å²) in [4.78, 5) is 7.98. The molecular formula is C17H27N5S. The van der Waals surface area contributed by atoms with E-state index in [9.17, 15) is 0 Å². The highest BCUT2D eigenvalue weighted by molar-refractivity contribution is 7.09. The fourth-order valence-electron chi connectivity index (χ4n) is 2.70. The van der Waals surface area contributed by atoms with Crippen molar-refractivity contribution in [1.29, 1.82) is 0 Å². The Hall–Kier alpha value is -1.82. The largest absolute Gasteiger partial charge is 0.356 e. The van der Waals surface area contributed by atoms with Crippen molar-refractivity contribution in [3.63, 3.8) is 0 Å². The van der Waals surface area contributed by atoms with Gasteiger partial charge < -0.3 is 10.2 Å². The Morgan fingerprint density at radius 2 is 2.17 bits per heavy atom. The van der Waals surface area contributed by atoms with Crippen molar-refractivity contribution in [2.24, 2.45) is 12.0 Å². The summed E-state index contributed by atoms with van der Waals surface area (Å²) in [6.45, 7) is 6.02. The number of aliphatic imine (C=N–C) groups is 1. The van der Waals surface area contributed by atoms with Crippen LogP contribution in [0.3, 0.4) is 0 Å². The van der Waals surface area contributed by atoms with Gasteiger partial charge in [0.15, 0.2) is 5.96 Å². The number of nitrogens with one attached hydrogen (secondary N) is 1. The molecule has 0 aliphatic carbocycles. The molecule has 0 spiro atoms. The van der Waals surface area contributed by atoms with E-state index >= 15 is 0 Å². The molecule has 0 saturated carbocycles. The Labute approximate surface area is 143 Å². The molecule has 0 aliphatic rings. The quantitative estimate of drug-likeness (QED) is 0.652. The van der Waals surface area contributed by atoms with Crippen molar-refractivity contribution in [3.8, 4) is 0 Å². The van der Waals surface area contributed by atoms with E-state index in [0.29, 0.717) is 0 Å². The predicted molar refractivity (Wildman–Crippen MR) is 98.4 cm³/mol. The normalized spacial score (nSPS) is 11.8. The van der Waals surface area contributed by atoms with Crippen LogP contribution in [0.4, 0.5) is 0 Å². The van der Waals surface area contributed by atoms with Crippen LogP contribution in [0.1, 0.15) is 21.8 Å². The van der Waals surface area contributed by atoms with Crippen LogP contribution in [0.2, 0.25) is 0 Å². The number of aryl methyl sites for hydroxylation is 2. The molecule has 0 amide bonds. The zero-order chi connectivity index (χ0) is 16.8. The lowest BCUT2D eigenvalue weighted by atomic mass is 10.1. The summed E-state index contributed by atoms with van der Waals surface area (Å²) in [5.41, 5.74) is 3.69. The summed E-state index contributed by atoms with van der Waals surface area (Å²) in [6.07, 6.45) is 2.01. The molecule has 2 aromatic rings. The molecule has 0 radical (unpaired) electrons. The lowest BCUT2D eigenvalue weighted by molar-refractivity contribution is 0.487. The van der Waals surface area contributed by atoms with Crippen LogP contribution in [0.15, 0.2) is 22.5 Å². The molecule has 6 heteroatoms. The maximum atomic E-state index is 4.47. The van der Waals surface area contributed by atoms with Gasteiger partial charge in [-0.15, -0.1) is 11.3 Å². The Morgan fingerprint density at radius 1 is 1.39 bits per heavy atom. The Balaban J connectivity index is 1.82. The number of nitrogens with zero attached hydrogens (tertiary/aromatic N) is 4. The van der Waals surface area contributed by atoms with Gasteiger partial charge in [-0.1, -0.05) is 6.07 Å². The van der Waals surface area contributed by atoms with Crippen LogP contribution in [0, 0.1) is 13.8 Å². The zero-order valence-electron chi connectivity index (χ0n) is 14.8. The molecule has 0 aliphatic heterocycles. The summed E-state index contributed by atoms with van der Waals surface area (Å²) in [5.74, 6) is 0.945. The second kappa shape index (κ2) is 8.15. The number of hydrogen-bond acceptors (Lipinski definition) is 3. The van der Waals surface area contributed by atoms with E-state index in [1.54, 1.807) is 0 Å². The van der Waals surface area contributed by atoms with Gasteiger partial charge in [-0.05, 0) is 43.7 Å². The molecule has 23 heavy (non-hydrogen) atoms. The molecule has 126 valence electrons. The maximum Gasteiger partial charge on any atom is 0.193 e. The van der Waals surface area contributed by atoms with Gasteiger partial charge in [0.05, 0.1) is 5.69 Å². The third-order valence-corrected chi connectivity index (χ3v) is 5.10. The highest BCUT2D eigenvalue weighted by atomic mass is 32.1. The SMILES string of the molecule is CN=C(NCCc1c(C)nn(C)c1C)N(C)CCc1cccs1. The highest BCUT2D eigenvalue weighted by Crippen LogP contribution is 2.12. The van der Waals surface area contributed by atoms with Crippen molar-refractivity contribution in [1.82, 2.24) is 20.0 Å². The van der Waals surface area contributed by atoms with E-state index in [1.807, 2.05) is 30.1 Å². The standard InChI is InChI=1S/C17H27N5S/c1-13-16(14(2)22(5)20-13)8-10-19-17(18-3)21(4)11-9-15-7-6-12-23-15/h6-7,12H,8-11H2,1-5H3,(H,18,19). The maximum absolute atomic E-state index is 4.47. The van der Waals surface area contributed by atoms with Crippen LogP contribution in [0.5, 0.6) is 0 Å². The molecule has 1 N–H and O–H groups in total. The van der Waals surface area contributed by atoms with Crippen LogP contribution < -0.4 is 5.32 Å². The van der Waals surface area contributed by atoms with Crippen molar-refractivity contribution in [2.45, 2.75) is 26.7 Å². The molecule has 2 aromatic heterocycles. The van der Waals surface area contributed by atoms with Crippen LogP contribution in [0.25, 0.3) is 0 Å². The van der Waals surface area contributed by atoms with E-state index in [0.717, 1.165) is 37.6 Å². The summed E-state index contributed by atoms with van der Waals surface area (Å²) in [6, 6.07) is 4.29. The number of thiophene rings is 1. The number of likely N-dealkylation sites (N-methyl/N-ethyl adjacent to an activating group) is 1. The van der Waals surface area contributed by atoms with Crippen LogP contribution in [-0.4, -0.2) is 47.8 Å². The predicted octanol–water partition coefficient (Wildman–Crippen LogP) is 2.39. The first-order valence-corrected chi connectivity index (χ1v) is 8.84. The van der Waals surface area contributed by atoms with Gasteiger partial charge in [0.2, 0.25) is 0 Å². The number of hydrogen-bond donors (Lipinski definition) is 1. The third kappa shape index (κ3) is 4.58. The first-order chi connectivity index (χ1) is 11.0. The molecule has 0 saturated heterocycles. The Kier molecular flexibility index (Phi) is 6.21. The number of guanidine groups is 1. The van der Waals surface area contributed by atoms with Gasteiger partial charge in [0.25, 0.3) is 0 Å². The van der Waals surface area contributed by atoms with Crippen molar-refractivity contribution in [3.05, 3.63) is 39.3 Å². The Bertz CT molecular complexity index is 642. The van der Waals surface area contributed by atoms with Crippen LogP contribution in [-0.2, 0) is 19.9 Å². The molecule has 2 rings (SSSR count). The first kappa shape index (κ1) is 17.5. The fraction of sp³-hybridized carbons (Fsp3) is 0.529. The summed E-state index contributed by atoms with van der Waals surface area (Å²) >= 11 is 1.81. The van der Waals surface area contributed by atoms with E-state index < -0.39 is 0 Å². The van der Waals surface area contributed by atoms with E-state index in [-0.39, 0.29) is 0 Å². The van der Waals surface area contributed by atoms with E-state index in [1.165, 1.54) is 16.1 Å². The van der Waals surface area contributed by atoms with Crippen molar-refractivity contribution < 1.29 is 0 Å². The molecular weight excluding hydrogens is 306 g/mol. The minimum atomic E-state index is 0.864. The van der Waals surface area contributed by atoms with Gasteiger partial charge in [0.1, 0.15) is 0 Å². The van der Waals surface area contributed by atoms with Gasteiger partial charge in [-0.3, -0.25) is 9.67 Å². The van der Waals surface area contributed by atoms with Gasteiger partial charge in [0, 0.05) is 44.8 Å². The lowest BCUT2D eigenvalue weighted by Crippen LogP contribution is -2.40. The van der Waals surface area contributed by atoms with Crippen molar-refractivity contribution >= 4 is 17.3 Å². The first-order valence-electron chi connectivity index (χ1n) is 7.96. The average molecular weight is 334 g/mol. The third-order valence-electron chi connectivity index (χ3n) is 4.16. The summed E-state index contributed by atoms with van der Waals surface area (Å²) in [7, 11) is 5.92. The molecule has 0 fully saturated rings. The molecule has 0 unspecified atom stereocenters. The van der Waals surface area contributed by atoms with Crippen LogP contribution >= 0.6 is 11.3 Å². The minimum absolute atomic E-state index is 0.864. The molecule has 0 bridgehead atoms. The average Bonchev–Trinajstić information content (AvgIpc) is 3.12. The topological polar surface area (TPSA) is 45.5 Å². The molecule has 0 aromatic carbocycles. The van der Waals surface area contributed by atoms with E-state index in [2.05, 4.69) is 58.7 Å². The highest BCUT2D eigenvalue weighted by Gasteiger charge is 2.10. The van der Waals surface area contributed by atoms with Gasteiger partial charge >= 0.3 is 0 Å². The van der Waals surface area contributed by atoms with Gasteiger partial charge in [-0.25, -0.2) is 0 Å². The molecule has 2 heterocycles. The second-order valence-electron chi connectivity index (χ2n) is 5.75. The smallest absolute Gasteiger partial charge is 0.193 e. The molecule has 5 nitrogen and oxygen atoms in total. The number of aromatic nitrogens is 2. The Morgan fingerprint density at radius 3 is 2.74 bits per heavy atom. The minimum Gasteiger partial charge on any atom is -0.356 e. The van der Waals surface area contributed by atoms with Crippen molar-refractivity contribution in [2.75, 3.05) is 27.2 Å². The monoisotopic (exact) mass is 333 g/mol. The fourth-order valence-corrected chi connectivity index (χ4v) is 3.40. The molecule has 0 atom stereocenters. The number of rotatable bonds is 6.